The van der Waals surface area contributed by atoms with E-state index in [1.165, 1.54) is 32.4 Å². The molecule has 0 aromatic heterocycles. The zero-order chi connectivity index (χ0) is 17.7. The van der Waals surface area contributed by atoms with Crippen LogP contribution in [0, 0.1) is 17.0 Å². The molecular formula is C17H17NO6. The molecule has 0 aliphatic rings. The van der Waals surface area contributed by atoms with Crippen LogP contribution < -0.4 is 14.2 Å². The predicted molar refractivity (Wildman–Crippen MR) is 86.7 cm³/mol. The molecule has 2 rings (SSSR count). The van der Waals surface area contributed by atoms with E-state index < -0.39 is 10.9 Å². The lowest BCUT2D eigenvalue weighted by atomic mass is 10.1. The van der Waals surface area contributed by atoms with Crippen molar-refractivity contribution in [2.24, 2.45) is 0 Å². The highest BCUT2D eigenvalue weighted by Gasteiger charge is 2.15. The smallest absolute Gasteiger partial charge is 0.315 e. The summed E-state index contributed by atoms with van der Waals surface area (Å²) in [6.45, 7) is 1.71. The number of nitro benzene ring substituents is 1. The Bertz CT molecular complexity index is 772. The first kappa shape index (κ1) is 17.3. The quantitative estimate of drug-likeness (QED) is 0.350. The van der Waals surface area contributed by atoms with Gasteiger partial charge in [-0.25, -0.2) is 0 Å². The van der Waals surface area contributed by atoms with Gasteiger partial charge in [0.15, 0.2) is 0 Å². The van der Waals surface area contributed by atoms with Crippen molar-refractivity contribution in [3.05, 3.63) is 57.6 Å². The second kappa shape index (κ2) is 7.45. The molecule has 0 radical (unpaired) electrons. The molecule has 24 heavy (non-hydrogen) atoms. The molecule has 0 spiro atoms. The first-order valence-electron chi connectivity index (χ1n) is 7.11. The predicted octanol–water partition coefficient (Wildman–Crippen LogP) is 3.07. The lowest BCUT2D eigenvalue weighted by Crippen LogP contribution is -2.13. The highest BCUT2D eigenvalue weighted by Crippen LogP contribution is 2.27. The second-order valence-electron chi connectivity index (χ2n) is 5.04. The highest BCUT2D eigenvalue weighted by atomic mass is 16.6. The lowest BCUT2D eigenvalue weighted by molar-refractivity contribution is -0.384. The minimum Gasteiger partial charge on any atom is -0.497 e. The number of hydrogen-bond donors (Lipinski definition) is 0. The van der Waals surface area contributed by atoms with E-state index in [4.69, 9.17) is 14.2 Å². The van der Waals surface area contributed by atoms with Crippen molar-refractivity contribution in [2.45, 2.75) is 13.3 Å². The van der Waals surface area contributed by atoms with Gasteiger partial charge in [0.25, 0.3) is 5.69 Å². The van der Waals surface area contributed by atoms with Crippen molar-refractivity contribution in [3.63, 3.8) is 0 Å². The van der Waals surface area contributed by atoms with Gasteiger partial charge in [-0.2, -0.15) is 0 Å². The van der Waals surface area contributed by atoms with Gasteiger partial charge in [0.2, 0.25) is 0 Å². The van der Waals surface area contributed by atoms with Gasteiger partial charge in [-0.05, 0) is 36.8 Å². The summed E-state index contributed by atoms with van der Waals surface area (Å²) < 4.78 is 15.6. The molecule has 126 valence electrons. The minimum atomic E-state index is -0.551. The fourth-order valence-corrected chi connectivity index (χ4v) is 2.15. The van der Waals surface area contributed by atoms with Crippen LogP contribution in [-0.4, -0.2) is 25.1 Å². The largest absolute Gasteiger partial charge is 0.497 e. The van der Waals surface area contributed by atoms with Crippen molar-refractivity contribution in [3.8, 4) is 17.2 Å². The van der Waals surface area contributed by atoms with Crippen molar-refractivity contribution < 1.29 is 23.9 Å². The van der Waals surface area contributed by atoms with E-state index in [1.54, 1.807) is 25.1 Å². The Morgan fingerprint density at radius 3 is 2.46 bits per heavy atom. The van der Waals surface area contributed by atoms with Crippen LogP contribution in [0.3, 0.4) is 0 Å². The van der Waals surface area contributed by atoms with E-state index in [2.05, 4.69) is 0 Å². The highest BCUT2D eigenvalue weighted by molar-refractivity contribution is 5.77. The zero-order valence-electron chi connectivity index (χ0n) is 13.6. The van der Waals surface area contributed by atoms with Crippen LogP contribution in [0.1, 0.15) is 11.1 Å². The summed E-state index contributed by atoms with van der Waals surface area (Å²) in [4.78, 5) is 22.5. The standard InChI is InChI=1S/C17H17NO6/c1-11-4-5-13(18(20)21)10-16(11)24-17(19)9-12-8-14(22-2)6-7-15(12)23-3/h4-8,10H,9H2,1-3H3. The molecule has 0 saturated carbocycles. The Labute approximate surface area is 138 Å². The normalized spacial score (nSPS) is 10.1. The maximum Gasteiger partial charge on any atom is 0.315 e. The first-order valence-corrected chi connectivity index (χ1v) is 7.11. The number of hydrogen-bond acceptors (Lipinski definition) is 6. The Kier molecular flexibility index (Phi) is 5.36. The number of rotatable bonds is 6. The number of non-ortho nitro benzene ring substituents is 1. The van der Waals surface area contributed by atoms with Gasteiger partial charge in [0, 0.05) is 11.6 Å². The third kappa shape index (κ3) is 4.01. The van der Waals surface area contributed by atoms with Crippen LogP contribution in [0.15, 0.2) is 36.4 Å². The number of carbonyl (C=O) groups excluding carboxylic acids is 1. The maximum atomic E-state index is 12.2. The molecule has 0 aliphatic carbocycles. The molecule has 0 unspecified atom stereocenters. The third-order valence-electron chi connectivity index (χ3n) is 3.43. The molecule has 7 nitrogen and oxygen atoms in total. The first-order chi connectivity index (χ1) is 11.4. The molecule has 0 fully saturated rings. The topological polar surface area (TPSA) is 87.9 Å². The second-order valence-corrected chi connectivity index (χ2v) is 5.04. The average molecular weight is 331 g/mol. The molecule has 0 heterocycles. The zero-order valence-corrected chi connectivity index (χ0v) is 13.6. The number of nitro groups is 1. The van der Waals surface area contributed by atoms with E-state index in [0.717, 1.165) is 0 Å². The Balaban J connectivity index is 2.20. The summed E-state index contributed by atoms with van der Waals surface area (Å²) in [6, 6.07) is 9.22. The Hall–Kier alpha value is -3.09. The Morgan fingerprint density at radius 1 is 1.08 bits per heavy atom. The molecule has 0 saturated heterocycles. The number of methoxy groups -OCH3 is 2. The summed E-state index contributed by atoms with van der Waals surface area (Å²) in [7, 11) is 3.03. The van der Waals surface area contributed by atoms with E-state index in [0.29, 0.717) is 22.6 Å². The van der Waals surface area contributed by atoms with E-state index in [1.807, 2.05) is 0 Å². The molecule has 0 bridgehead atoms. The summed E-state index contributed by atoms with van der Waals surface area (Å²) in [5, 5.41) is 10.8. The summed E-state index contributed by atoms with van der Waals surface area (Å²) >= 11 is 0. The molecule has 2 aromatic carbocycles. The molecule has 2 aromatic rings. The summed E-state index contributed by atoms with van der Waals surface area (Å²) in [6.07, 6.45) is -0.0531. The number of carbonyl (C=O) groups is 1. The third-order valence-corrected chi connectivity index (χ3v) is 3.43. The average Bonchev–Trinajstić information content (AvgIpc) is 2.56. The van der Waals surface area contributed by atoms with Crippen LogP contribution >= 0.6 is 0 Å². The van der Waals surface area contributed by atoms with E-state index in [-0.39, 0.29) is 17.9 Å². The van der Waals surface area contributed by atoms with Crippen LogP contribution in [0.4, 0.5) is 5.69 Å². The van der Waals surface area contributed by atoms with Gasteiger partial charge in [0.05, 0.1) is 31.6 Å². The SMILES string of the molecule is COc1ccc(OC)c(CC(=O)Oc2cc([N+](=O)[O-])ccc2C)c1. The van der Waals surface area contributed by atoms with Crippen LogP contribution in [-0.2, 0) is 11.2 Å². The van der Waals surface area contributed by atoms with Gasteiger partial charge >= 0.3 is 5.97 Å². The van der Waals surface area contributed by atoms with E-state index in [9.17, 15) is 14.9 Å². The lowest BCUT2D eigenvalue weighted by Gasteiger charge is -2.11. The maximum absolute atomic E-state index is 12.2. The summed E-state index contributed by atoms with van der Waals surface area (Å²) in [5.41, 5.74) is 1.10. The van der Waals surface area contributed by atoms with Crippen LogP contribution in [0.25, 0.3) is 0 Å². The fourth-order valence-electron chi connectivity index (χ4n) is 2.15. The number of aryl methyl sites for hydroxylation is 1. The number of esters is 1. The monoisotopic (exact) mass is 331 g/mol. The Morgan fingerprint density at radius 2 is 1.83 bits per heavy atom. The molecular weight excluding hydrogens is 314 g/mol. The molecule has 0 aliphatic heterocycles. The fraction of sp³-hybridized carbons (Fsp3) is 0.235. The van der Waals surface area contributed by atoms with Crippen molar-refractivity contribution >= 4 is 11.7 Å². The van der Waals surface area contributed by atoms with Crippen LogP contribution in [0.5, 0.6) is 17.2 Å². The van der Waals surface area contributed by atoms with Crippen molar-refractivity contribution in [2.75, 3.05) is 14.2 Å². The van der Waals surface area contributed by atoms with Crippen molar-refractivity contribution in [1.82, 2.24) is 0 Å². The van der Waals surface area contributed by atoms with Gasteiger partial charge in [-0.3, -0.25) is 14.9 Å². The van der Waals surface area contributed by atoms with Gasteiger partial charge in [-0.1, -0.05) is 0 Å². The van der Waals surface area contributed by atoms with E-state index >= 15 is 0 Å². The molecule has 0 atom stereocenters. The minimum absolute atomic E-state index is 0.0531. The van der Waals surface area contributed by atoms with Gasteiger partial charge in [-0.15, -0.1) is 0 Å². The molecule has 0 N–H and O–H groups in total. The number of nitrogens with zero attached hydrogens (tertiary/aromatic N) is 1. The summed E-state index contributed by atoms with van der Waals surface area (Å²) in [5.74, 6) is 0.731. The number of ether oxygens (including phenoxy) is 3. The molecule has 7 heteroatoms. The van der Waals surface area contributed by atoms with Crippen molar-refractivity contribution in [1.29, 1.82) is 0 Å². The molecule has 0 amide bonds. The van der Waals surface area contributed by atoms with Crippen LogP contribution in [0.2, 0.25) is 0 Å². The van der Waals surface area contributed by atoms with Gasteiger partial charge in [0.1, 0.15) is 17.2 Å². The van der Waals surface area contributed by atoms with Gasteiger partial charge < -0.3 is 14.2 Å². The number of benzene rings is 2.